The summed E-state index contributed by atoms with van der Waals surface area (Å²) in [5.74, 6) is 0.262. The van der Waals surface area contributed by atoms with Gasteiger partial charge in [0.25, 0.3) is 0 Å². The first-order chi connectivity index (χ1) is 11.3. The minimum atomic E-state index is -1.37. The Labute approximate surface area is 145 Å². The predicted molar refractivity (Wildman–Crippen MR) is 96.1 cm³/mol. The van der Waals surface area contributed by atoms with Crippen LogP contribution in [0.15, 0.2) is 41.7 Å². The summed E-state index contributed by atoms with van der Waals surface area (Å²) in [6.45, 7) is 9.15. The van der Waals surface area contributed by atoms with E-state index in [1.807, 2.05) is 39.0 Å². The predicted octanol–water partition coefficient (Wildman–Crippen LogP) is 3.58. The largest absolute Gasteiger partial charge is 0.598 e. The SMILES string of the molecule is C=CC[C@@H](N[S@+]([O-])C(C)(C)C)C(=O)OC=C1CC=Cc2occc21. The Balaban J connectivity index is 2.05. The fourth-order valence-corrected chi connectivity index (χ4v) is 2.91. The maximum atomic E-state index is 12.3. The van der Waals surface area contributed by atoms with Gasteiger partial charge >= 0.3 is 5.97 Å². The third-order valence-electron chi connectivity index (χ3n) is 3.46. The van der Waals surface area contributed by atoms with E-state index in [9.17, 15) is 9.35 Å². The molecule has 6 heteroatoms. The van der Waals surface area contributed by atoms with Crippen molar-refractivity contribution >= 4 is 29.0 Å². The van der Waals surface area contributed by atoms with E-state index in [4.69, 9.17) is 9.15 Å². The molecule has 0 unspecified atom stereocenters. The number of allylic oxidation sites excluding steroid dienone is 2. The average molecular weight is 349 g/mol. The molecule has 0 bridgehead atoms. The Kier molecular flexibility index (Phi) is 6.10. The van der Waals surface area contributed by atoms with E-state index in [0.717, 1.165) is 16.9 Å². The highest BCUT2D eigenvalue weighted by Gasteiger charge is 2.32. The van der Waals surface area contributed by atoms with E-state index >= 15 is 0 Å². The van der Waals surface area contributed by atoms with Gasteiger partial charge in [-0.05, 0) is 45.8 Å². The van der Waals surface area contributed by atoms with Gasteiger partial charge in [-0.25, -0.2) is 4.79 Å². The van der Waals surface area contributed by atoms with Gasteiger partial charge in [-0.3, -0.25) is 0 Å². The lowest BCUT2D eigenvalue weighted by atomic mass is 10.00. The molecule has 0 aliphatic heterocycles. The lowest BCUT2D eigenvalue weighted by molar-refractivity contribution is -0.139. The minimum absolute atomic E-state index is 0.334. The molecule has 1 aromatic heterocycles. The molecule has 0 spiro atoms. The molecule has 24 heavy (non-hydrogen) atoms. The second kappa shape index (κ2) is 7.88. The van der Waals surface area contributed by atoms with Gasteiger partial charge in [0.05, 0.1) is 12.5 Å². The van der Waals surface area contributed by atoms with Crippen molar-refractivity contribution in [2.75, 3.05) is 0 Å². The van der Waals surface area contributed by atoms with Crippen molar-refractivity contribution in [3.05, 3.63) is 48.6 Å². The molecule has 0 saturated heterocycles. The Hall–Kier alpha value is -1.76. The quantitative estimate of drug-likeness (QED) is 0.368. The molecule has 2 atom stereocenters. The molecular formula is C18H23NO4S. The molecule has 0 amide bonds. The molecule has 0 radical (unpaired) electrons. The normalized spacial score (nSPS) is 18.1. The van der Waals surface area contributed by atoms with Gasteiger partial charge in [-0.1, -0.05) is 12.2 Å². The van der Waals surface area contributed by atoms with Crippen LogP contribution in [0.25, 0.3) is 11.6 Å². The van der Waals surface area contributed by atoms with Gasteiger partial charge < -0.3 is 13.7 Å². The van der Waals surface area contributed by atoms with Gasteiger partial charge in [0.1, 0.15) is 10.5 Å². The Morgan fingerprint density at radius 3 is 3.00 bits per heavy atom. The third-order valence-corrected chi connectivity index (χ3v) is 5.07. The van der Waals surface area contributed by atoms with Crippen LogP contribution in [-0.4, -0.2) is 21.3 Å². The van der Waals surface area contributed by atoms with E-state index in [-0.39, 0.29) is 0 Å². The van der Waals surface area contributed by atoms with E-state index in [1.165, 1.54) is 6.26 Å². The number of hydrogen-bond acceptors (Lipinski definition) is 5. The summed E-state index contributed by atoms with van der Waals surface area (Å²) >= 11 is -1.37. The van der Waals surface area contributed by atoms with Crippen LogP contribution < -0.4 is 4.72 Å². The van der Waals surface area contributed by atoms with Crippen LogP contribution in [0.3, 0.4) is 0 Å². The van der Waals surface area contributed by atoms with E-state index in [0.29, 0.717) is 12.8 Å². The van der Waals surface area contributed by atoms with Crippen molar-refractivity contribution in [2.24, 2.45) is 0 Å². The highest BCUT2D eigenvalue weighted by atomic mass is 32.2. The summed E-state index contributed by atoms with van der Waals surface area (Å²) in [6, 6.07) is 1.13. The molecule has 1 aliphatic carbocycles. The first-order valence-electron chi connectivity index (χ1n) is 7.76. The number of nitrogens with one attached hydrogen (secondary N) is 1. The van der Waals surface area contributed by atoms with Gasteiger partial charge in [0, 0.05) is 22.5 Å². The number of carbonyl (C=O) groups is 1. The van der Waals surface area contributed by atoms with E-state index < -0.39 is 28.1 Å². The molecule has 130 valence electrons. The zero-order valence-corrected chi connectivity index (χ0v) is 15.0. The highest BCUT2D eigenvalue weighted by molar-refractivity contribution is 7.90. The fourth-order valence-electron chi connectivity index (χ4n) is 2.11. The zero-order valence-electron chi connectivity index (χ0n) is 14.2. The Morgan fingerprint density at radius 2 is 2.33 bits per heavy atom. The summed E-state index contributed by atoms with van der Waals surface area (Å²) in [5.41, 5.74) is 1.78. The lowest BCUT2D eigenvalue weighted by Gasteiger charge is -2.26. The monoisotopic (exact) mass is 349 g/mol. The fraction of sp³-hybridized carbons (Fsp3) is 0.389. The van der Waals surface area contributed by atoms with Crippen LogP contribution in [-0.2, 0) is 20.9 Å². The molecule has 1 heterocycles. The zero-order chi connectivity index (χ0) is 17.7. The number of carbonyl (C=O) groups excluding carboxylic acids is 1. The molecule has 5 nitrogen and oxygen atoms in total. The highest BCUT2D eigenvalue weighted by Crippen LogP contribution is 2.29. The molecule has 2 rings (SSSR count). The van der Waals surface area contributed by atoms with Gasteiger partial charge in [0.2, 0.25) is 0 Å². The summed E-state index contributed by atoms with van der Waals surface area (Å²) in [5, 5.41) is 0. The van der Waals surface area contributed by atoms with Crippen LogP contribution in [0.4, 0.5) is 0 Å². The van der Waals surface area contributed by atoms with Gasteiger partial charge in [-0.2, -0.15) is 0 Å². The second-order valence-corrected chi connectivity index (χ2v) is 8.46. The lowest BCUT2D eigenvalue weighted by Crippen LogP contribution is -2.48. The number of ether oxygens (including phenoxy) is 1. The van der Waals surface area contributed by atoms with Crippen molar-refractivity contribution in [1.82, 2.24) is 4.72 Å². The molecule has 1 aliphatic rings. The Bertz CT molecular complexity index is 654. The second-order valence-electron chi connectivity index (χ2n) is 6.46. The minimum Gasteiger partial charge on any atom is -0.598 e. The first-order valence-corrected chi connectivity index (χ1v) is 8.91. The average Bonchev–Trinajstić information content (AvgIpc) is 3.00. The first kappa shape index (κ1) is 18.6. The van der Waals surface area contributed by atoms with Crippen LogP contribution in [0.1, 0.15) is 44.9 Å². The van der Waals surface area contributed by atoms with Crippen LogP contribution in [0, 0.1) is 0 Å². The maximum absolute atomic E-state index is 12.3. The van der Waals surface area contributed by atoms with Crippen molar-refractivity contribution in [3.63, 3.8) is 0 Å². The third kappa shape index (κ3) is 4.63. The van der Waals surface area contributed by atoms with Crippen LogP contribution in [0.2, 0.25) is 0 Å². The van der Waals surface area contributed by atoms with Crippen LogP contribution >= 0.6 is 0 Å². The summed E-state index contributed by atoms with van der Waals surface area (Å²) in [7, 11) is 0. The summed E-state index contributed by atoms with van der Waals surface area (Å²) in [4.78, 5) is 12.3. The number of rotatable bonds is 6. The number of fused-ring (bicyclic) bond motifs is 1. The topological polar surface area (TPSA) is 74.5 Å². The smallest absolute Gasteiger partial charge is 0.332 e. The van der Waals surface area contributed by atoms with Crippen molar-refractivity contribution < 1.29 is 18.5 Å². The molecule has 0 fully saturated rings. The van der Waals surface area contributed by atoms with Gasteiger partial charge in [-0.15, -0.1) is 11.3 Å². The molecule has 1 aromatic rings. The standard InChI is InChI=1S/C18H23NO4S/c1-5-7-15(19-24(21)18(2,3)4)17(20)23-12-13-8-6-9-16-14(13)10-11-22-16/h5-6,9-12,15,19H,1,7-8H2,2-4H3/t15-,24-/m1/s1. The molecule has 1 N–H and O–H groups in total. The molecule has 0 saturated carbocycles. The Morgan fingerprint density at radius 1 is 1.58 bits per heavy atom. The van der Waals surface area contributed by atoms with Gasteiger partial charge in [0.15, 0.2) is 6.04 Å². The van der Waals surface area contributed by atoms with Crippen LogP contribution in [0.5, 0.6) is 0 Å². The maximum Gasteiger partial charge on any atom is 0.332 e. The van der Waals surface area contributed by atoms with Crippen molar-refractivity contribution in [3.8, 4) is 0 Å². The number of hydrogen-bond donors (Lipinski definition) is 1. The van der Waals surface area contributed by atoms with Crippen molar-refractivity contribution in [2.45, 2.75) is 44.4 Å². The van der Waals surface area contributed by atoms with E-state index in [2.05, 4.69) is 11.3 Å². The van der Waals surface area contributed by atoms with E-state index in [1.54, 1.807) is 12.3 Å². The number of esters is 1. The molecule has 0 aromatic carbocycles. The van der Waals surface area contributed by atoms with Crippen molar-refractivity contribution in [1.29, 1.82) is 0 Å². The summed E-state index contributed by atoms with van der Waals surface area (Å²) in [6.07, 6.45) is 9.47. The number of furan rings is 1. The summed E-state index contributed by atoms with van der Waals surface area (Å²) < 4.78 is 25.2. The molecular weight excluding hydrogens is 326 g/mol.